The topological polar surface area (TPSA) is 50.8 Å². The van der Waals surface area contributed by atoms with Crippen LogP contribution in [-0.2, 0) is 9.53 Å². The fraction of sp³-hybridized carbons (Fsp3) is 0.588. The second kappa shape index (κ2) is 8.76. The third-order valence-corrected chi connectivity index (χ3v) is 3.58. The Morgan fingerprint density at radius 2 is 1.91 bits per heavy atom. The van der Waals surface area contributed by atoms with Crippen LogP contribution in [0.3, 0.4) is 0 Å². The van der Waals surface area contributed by atoms with Crippen molar-refractivity contribution in [3.63, 3.8) is 0 Å². The number of likely N-dealkylation sites (N-methyl/N-ethyl adjacent to an activating group) is 1. The molecule has 5 nitrogen and oxygen atoms in total. The van der Waals surface area contributed by atoms with E-state index in [2.05, 4.69) is 10.2 Å². The normalized spacial score (nSPS) is 13.7. The summed E-state index contributed by atoms with van der Waals surface area (Å²) < 4.78 is 11.0. The van der Waals surface area contributed by atoms with Crippen LogP contribution in [-0.4, -0.2) is 50.8 Å². The first-order chi connectivity index (χ1) is 10.4. The average molecular weight is 308 g/mol. The number of hydrogen-bond donors (Lipinski definition) is 1. The number of carbonyl (C=O) groups excluding carboxylic acids is 1. The average Bonchev–Trinajstić information content (AvgIpc) is 2.48. The van der Waals surface area contributed by atoms with Gasteiger partial charge in [0.2, 0.25) is 0 Å². The summed E-state index contributed by atoms with van der Waals surface area (Å²) in [5.74, 6) is 0.668. The molecule has 1 aromatic carbocycles. The van der Waals surface area contributed by atoms with Crippen molar-refractivity contribution in [2.45, 2.75) is 32.3 Å². The Hall–Kier alpha value is -1.59. The molecule has 1 atom stereocenters. The van der Waals surface area contributed by atoms with Crippen LogP contribution in [0.25, 0.3) is 0 Å². The number of carbonyl (C=O) groups is 1. The predicted octanol–water partition coefficient (Wildman–Crippen LogP) is 2.77. The van der Waals surface area contributed by atoms with Crippen LogP contribution in [0.1, 0.15) is 26.7 Å². The van der Waals surface area contributed by atoms with Gasteiger partial charge < -0.3 is 19.7 Å². The van der Waals surface area contributed by atoms with E-state index in [1.54, 1.807) is 7.11 Å². The van der Waals surface area contributed by atoms with E-state index in [1.807, 2.05) is 52.2 Å². The van der Waals surface area contributed by atoms with E-state index in [0.717, 1.165) is 24.4 Å². The van der Waals surface area contributed by atoms with E-state index in [4.69, 9.17) is 9.47 Å². The van der Waals surface area contributed by atoms with E-state index >= 15 is 0 Å². The lowest BCUT2D eigenvalue weighted by Gasteiger charge is -2.26. The van der Waals surface area contributed by atoms with Gasteiger partial charge >= 0.3 is 0 Å². The van der Waals surface area contributed by atoms with Gasteiger partial charge in [0.15, 0.2) is 0 Å². The molecule has 0 heterocycles. The van der Waals surface area contributed by atoms with Gasteiger partial charge in [-0.1, -0.05) is 13.3 Å². The van der Waals surface area contributed by atoms with E-state index in [-0.39, 0.29) is 5.91 Å². The summed E-state index contributed by atoms with van der Waals surface area (Å²) in [7, 11) is 5.58. The molecule has 0 bridgehead atoms. The highest BCUT2D eigenvalue weighted by molar-refractivity contribution is 5.97. The van der Waals surface area contributed by atoms with Gasteiger partial charge in [-0.05, 0) is 51.7 Å². The van der Waals surface area contributed by atoms with Gasteiger partial charge in [0, 0.05) is 19.3 Å². The first-order valence-corrected chi connectivity index (χ1v) is 7.65. The maximum Gasteiger partial charge on any atom is 0.256 e. The monoisotopic (exact) mass is 308 g/mol. The number of ether oxygens (including phenoxy) is 2. The molecule has 5 heteroatoms. The minimum absolute atomic E-state index is 0.127. The summed E-state index contributed by atoms with van der Waals surface area (Å²) in [5, 5.41) is 2.89. The quantitative estimate of drug-likeness (QED) is 0.762. The van der Waals surface area contributed by atoms with Gasteiger partial charge in [-0.3, -0.25) is 4.79 Å². The third-order valence-electron chi connectivity index (χ3n) is 3.58. The molecule has 0 saturated carbocycles. The molecule has 0 aliphatic heterocycles. The third kappa shape index (κ3) is 5.66. The van der Waals surface area contributed by atoms with Crippen molar-refractivity contribution in [1.29, 1.82) is 0 Å². The summed E-state index contributed by atoms with van der Waals surface area (Å²) >= 11 is 0. The van der Waals surface area contributed by atoms with Crippen LogP contribution < -0.4 is 10.1 Å². The Balaban J connectivity index is 2.58. The Morgan fingerprint density at radius 1 is 1.27 bits per heavy atom. The van der Waals surface area contributed by atoms with Crippen molar-refractivity contribution < 1.29 is 14.3 Å². The molecule has 1 rings (SSSR count). The van der Waals surface area contributed by atoms with E-state index in [0.29, 0.717) is 13.0 Å². The molecule has 1 aromatic rings. The van der Waals surface area contributed by atoms with Crippen molar-refractivity contribution in [2.24, 2.45) is 0 Å². The Bertz CT molecular complexity index is 459. The van der Waals surface area contributed by atoms with Crippen LogP contribution in [0, 0.1) is 0 Å². The zero-order chi connectivity index (χ0) is 16.6. The number of anilines is 1. The second-order valence-electron chi connectivity index (χ2n) is 5.82. The maximum absolute atomic E-state index is 12.3. The molecule has 0 radical (unpaired) electrons. The van der Waals surface area contributed by atoms with Gasteiger partial charge in [0.05, 0.1) is 0 Å². The van der Waals surface area contributed by atoms with Crippen LogP contribution in [0.15, 0.2) is 24.3 Å². The first-order valence-electron chi connectivity index (χ1n) is 7.65. The predicted molar refractivity (Wildman–Crippen MR) is 89.4 cm³/mol. The number of rotatable bonds is 9. The molecule has 1 N–H and O–H groups in total. The van der Waals surface area contributed by atoms with Gasteiger partial charge in [-0.15, -0.1) is 0 Å². The molecule has 0 spiro atoms. The molecule has 0 saturated heterocycles. The van der Waals surface area contributed by atoms with E-state index in [1.165, 1.54) is 0 Å². The SMILES string of the molecule is CCC[C@](C)(OC)C(=O)Nc1ccc(OCCN(C)C)cc1. The molecule has 0 aromatic heterocycles. The fourth-order valence-corrected chi connectivity index (χ4v) is 2.03. The minimum atomic E-state index is -0.796. The summed E-state index contributed by atoms with van der Waals surface area (Å²) in [6.45, 7) is 5.34. The van der Waals surface area contributed by atoms with Crippen molar-refractivity contribution in [3.05, 3.63) is 24.3 Å². The molecule has 0 aliphatic carbocycles. The number of benzene rings is 1. The van der Waals surface area contributed by atoms with Gasteiger partial charge in [0.25, 0.3) is 5.91 Å². The molecule has 0 fully saturated rings. The molecule has 0 aliphatic rings. The van der Waals surface area contributed by atoms with Gasteiger partial charge in [-0.25, -0.2) is 0 Å². The fourth-order valence-electron chi connectivity index (χ4n) is 2.03. The van der Waals surface area contributed by atoms with Crippen molar-refractivity contribution in [3.8, 4) is 5.75 Å². The summed E-state index contributed by atoms with van der Waals surface area (Å²) in [6.07, 6.45) is 1.57. The van der Waals surface area contributed by atoms with Crippen LogP contribution in [0.4, 0.5) is 5.69 Å². The molecule has 0 unspecified atom stereocenters. The van der Waals surface area contributed by atoms with E-state index in [9.17, 15) is 4.79 Å². The second-order valence-corrected chi connectivity index (χ2v) is 5.82. The number of amides is 1. The summed E-state index contributed by atoms with van der Waals surface area (Å²) in [4.78, 5) is 14.4. The lowest BCUT2D eigenvalue weighted by atomic mass is 9.99. The number of nitrogens with one attached hydrogen (secondary N) is 1. The van der Waals surface area contributed by atoms with Gasteiger partial charge in [0.1, 0.15) is 18.0 Å². The number of methoxy groups -OCH3 is 1. The van der Waals surface area contributed by atoms with Crippen molar-refractivity contribution in [2.75, 3.05) is 39.7 Å². The lowest BCUT2D eigenvalue weighted by Crippen LogP contribution is -2.41. The van der Waals surface area contributed by atoms with Gasteiger partial charge in [-0.2, -0.15) is 0 Å². The van der Waals surface area contributed by atoms with E-state index < -0.39 is 5.60 Å². The highest BCUT2D eigenvalue weighted by Gasteiger charge is 2.31. The smallest absolute Gasteiger partial charge is 0.256 e. The largest absolute Gasteiger partial charge is 0.492 e. The zero-order valence-corrected chi connectivity index (χ0v) is 14.3. The van der Waals surface area contributed by atoms with Crippen LogP contribution >= 0.6 is 0 Å². The van der Waals surface area contributed by atoms with Crippen LogP contribution in [0.5, 0.6) is 5.75 Å². The number of hydrogen-bond acceptors (Lipinski definition) is 4. The maximum atomic E-state index is 12.3. The molecule has 124 valence electrons. The molecular formula is C17H28N2O3. The zero-order valence-electron chi connectivity index (χ0n) is 14.3. The summed E-state index contributed by atoms with van der Waals surface area (Å²) in [5.41, 5.74) is -0.0559. The number of nitrogens with zero attached hydrogens (tertiary/aromatic N) is 1. The molecule has 22 heavy (non-hydrogen) atoms. The molecule has 1 amide bonds. The first kappa shape index (κ1) is 18.5. The van der Waals surface area contributed by atoms with Crippen LogP contribution in [0.2, 0.25) is 0 Å². The highest BCUT2D eigenvalue weighted by Crippen LogP contribution is 2.21. The Kier molecular flexibility index (Phi) is 7.35. The lowest BCUT2D eigenvalue weighted by molar-refractivity contribution is -0.136. The van der Waals surface area contributed by atoms with Crippen molar-refractivity contribution in [1.82, 2.24) is 4.90 Å². The minimum Gasteiger partial charge on any atom is -0.492 e. The Morgan fingerprint density at radius 3 is 2.41 bits per heavy atom. The highest BCUT2D eigenvalue weighted by atomic mass is 16.5. The summed E-state index contributed by atoms with van der Waals surface area (Å²) in [6, 6.07) is 7.39. The molecular weight excluding hydrogens is 280 g/mol. The van der Waals surface area contributed by atoms with Crippen molar-refractivity contribution >= 4 is 11.6 Å². The standard InChI is InChI=1S/C17H28N2O3/c1-6-11-17(2,21-5)16(20)18-14-7-9-15(10-8-14)22-13-12-19(3)4/h7-10H,6,11-13H2,1-5H3,(H,18,20)/t17-/m0/s1. The Labute approximate surface area is 133 Å².